The molecule has 4 heteroatoms. The second-order valence-corrected chi connectivity index (χ2v) is 4.51. The zero-order valence-electron chi connectivity index (χ0n) is 10.6. The van der Waals surface area contributed by atoms with Crippen LogP contribution < -0.4 is 4.90 Å². The molecule has 3 rings (SSSR count). The van der Waals surface area contributed by atoms with Crippen LogP contribution in [0.15, 0.2) is 42.6 Å². The quantitative estimate of drug-likeness (QED) is 0.828. The number of hydrogen-bond donors (Lipinski definition) is 0. The minimum atomic E-state index is -0.220. The lowest BCUT2D eigenvalue weighted by Gasteiger charge is -2.28. The number of hydrogen-bond acceptors (Lipinski definition) is 3. The molecule has 1 aromatic carbocycles. The highest BCUT2D eigenvalue weighted by atomic mass is 19.1. The maximum atomic E-state index is 13.3. The molecule has 19 heavy (non-hydrogen) atoms. The summed E-state index contributed by atoms with van der Waals surface area (Å²) >= 11 is 0. The van der Waals surface area contributed by atoms with E-state index < -0.39 is 0 Å². The molecule has 0 radical (unpaired) electrons. The fourth-order valence-corrected chi connectivity index (χ4v) is 2.23. The third-order valence-electron chi connectivity index (χ3n) is 3.24. The van der Waals surface area contributed by atoms with Crippen molar-refractivity contribution in [2.24, 2.45) is 0 Å². The first kappa shape index (κ1) is 12.1. The Hall–Kier alpha value is -1.94. The third kappa shape index (κ3) is 2.74. The predicted octanol–water partition coefficient (Wildman–Crippen LogP) is 2.72. The molecule has 0 N–H and O–H groups in total. The van der Waals surface area contributed by atoms with Gasteiger partial charge in [-0.15, -0.1) is 0 Å². The highest BCUT2D eigenvalue weighted by Crippen LogP contribution is 2.23. The van der Waals surface area contributed by atoms with Gasteiger partial charge < -0.3 is 9.64 Å². The Morgan fingerprint density at radius 3 is 2.63 bits per heavy atom. The fourth-order valence-electron chi connectivity index (χ4n) is 2.23. The second kappa shape index (κ2) is 5.36. The van der Waals surface area contributed by atoms with Gasteiger partial charge in [-0.3, -0.25) is 0 Å². The van der Waals surface area contributed by atoms with Crippen LogP contribution in [0.3, 0.4) is 0 Å². The minimum absolute atomic E-state index is 0.220. The van der Waals surface area contributed by atoms with Gasteiger partial charge >= 0.3 is 0 Å². The number of morpholine rings is 1. The molecule has 98 valence electrons. The minimum Gasteiger partial charge on any atom is -0.378 e. The van der Waals surface area contributed by atoms with E-state index in [1.165, 1.54) is 6.07 Å². The Balaban J connectivity index is 1.91. The Bertz CT molecular complexity index is 568. The number of halogens is 1. The summed E-state index contributed by atoms with van der Waals surface area (Å²) in [6.45, 7) is 3.15. The van der Waals surface area contributed by atoms with Crippen molar-refractivity contribution in [2.45, 2.75) is 0 Å². The molecule has 1 fully saturated rings. The number of aromatic nitrogens is 1. The summed E-state index contributed by atoms with van der Waals surface area (Å²) in [5.74, 6) is 0.701. The molecule has 0 aliphatic carbocycles. The van der Waals surface area contributed by atoms with Crippen LogP contribution in [0, 0.1) is 5.82 Å². The largest absolute Gasteiger partial charge is 0.378 e. The fraction of sp³-hybridized carbons (Fsp3) is 0.267. The molecule has 0 spiro atoms. The molecule has 2 aromatic rings. The van der Waals surface area contributed by atoms with E-state index in [4.69, 9.17) is 4.74 Å². The van der Waals surface area contributed by atoms with Gasteiger partial charge in [-0.1, -0.05) is 12.1 Å². The summed E-state index contributed by atoms with van der Waals surface area (Å²) in [4.78, 5) is 6.57. The van der Waals surface area contributed by atoms with Crippen LogP contribution in [0.2, 0.25) is 0 Å². The van der Waals surface area contributed by atoms with E-state index in [2.05, 4.69) is 9.88 Å². The first-order valence-corrected chi connectivity index (χ1v) is 6.37. The predicted molar refractivity (Wildman–Crippen MR) is 72.7 cm³/mol. The average Bonchev–Trinajstić information content (AvgIpc) is 2.48. The lowest BCUT2D eigenvalue weighted by Crippen LogP contribution is -2.36. The van der Waals surface area contributed by atoms with Crippen molar-refractivity contribution in [2.75, 3.05) is 31.2 Å². The highest BCUT2D eigenvalue weighted by Gasteiger charge is 2.12. The Kier molecular flexibility index (Phi) is 3.42. The Morgan fingerprint density at radius 1 is 1.05 bits per heavy atom. The number of ether oxygens (including phenoxy) is 1. The first-order chi connectivity index (χ1) is 9.33. The van der Waals surface area contributed by atoms with Crippen molar-refractivity contribution < 1.29 is 9.13 Å². The van der Waals surface area contributed by atoms with Crippen LogP contribution in [0.4, 0.5) is 10.2 Å². The van der Waals surface area contributed by atoms with E-state index in [0.717, 1.165) is 43.2 Å². The smallest absolute Gasteiger partial charge is 0.129 e. The van der Waals surface area contributed by atoms with Crippen LogP contribution in [-0.2, 0) is 4.74 Å². The van der Waals surface area contributed by atoms with E-state index in [9.17, 15) is 4.39 Å². The van der Waals surface area contributed by atoms with Gasteiger partial charge in [0.1, 0.15) is 11.6 Å². The van der Waals surface area contributed by atoms with E-state index in [1.54, 1.807) is 18.3 Å². The van der Waals surface area contributed by atoms with E-state index in [0.29, 0.717) is 0 Å². The molecule has 0 saturated carbocycles. The molecule has 1 saturated heterocycles. The van der Waals surface area contributed by atoms with E-state index >= 15 is 0 Å². The number of pyridine rings is 1. The van der Waals surface area contributed by atoms with Gasteiger partial charge in [0.05, 0.1) is 13.2 Å². The molecule has 0 bridgehead atoms. The molecule has 0 atom stereocenters. The summed E-state index contributed by atoms with van der Waals surface area (Å²) < 4.78 is 18.6. The third-order valence-corrected chi connectivity index (χ3v) is 3.24. The van der Waals surface area contributed by atoms with Crippen molar-refractivity contribution in [3.8, 4) is 11.1 Å². The SMILES string of the molecule is Fc1cccc(-c2ccnc(N3CCOCC3)c2)c1. The molecule has 1 aliphatic heterocycles. The van der Waals surface area contributed by atoms with Gasteiger partial charge in [-0.2, -0.15) is 0 Å². The number of nitrogens with zero attached hydrogens (tertiary/aromatic N) is 2. The molecule has 0 amide bonds. The van der Waals surface area contributed by atoms with Gasteiger partial charge in [0.2, 0.25) is 0 Å². The lowest BCUT2D eigenvalue weighted by molar-refractivity contribution is 0.122. The summed E-state index contributed by atoms with van der Waals surface area (Å²) in [7, 11) is 0. The molecule has 0 unspecified atom stereocenters. The molecular weight excluding hydrogens is 243 g/mol. The maximum absolute atomic E-state index is 13.3. The zero-order chi connectivity index (χ0) is 13.1. The van der Waals surface area contributed by atoms with Crippen LogP contribution in [0.5, 0.6) is 0 Å². The van der Waals surface area contributed by atoms with E-state index in [1.807, 2.05) is 18.2 Å². The van der Waals surface area contributed by atoms with Crippen LogP contribution >= 0.6 is 0 Å². The Labute approximate surface area is 111 Å². The van der Waals surface area contributed by atoms with Crippen molar-refractivity contribution in [3.05, 3.63) is 48.4 Å². The van der Waals surface area contributed by atoms with Crippen LogP contribution in [-0.4, -0.2) is 31.3 Å². The summed E-state index contributed by atoms with van der Waals surface area (Å²) in [6, 6.07) is 10.5. The average molecular weight is 258 g/mol. The molecule has 1 aromatic heterocycles. The Morgan fingerprint density at radius 2 is 1.84 bits per heavy atom. The molecule has 3 nitrogen and oxygen atoms in total. The standard InChI is InChI=1S/C15H15FN2O/c16-14-3-1-2-12(10-14)13-4-5-17-15(11-13)18-6-8-19-9-7-18/h1-5,10-11H,6-9H2. The number of anilines is 1. The molecular formula is C15H15FN2O. The molecule has 2 heterocycles. The van der Waals surface area contributed by atoms with E-state index in [-0.39, 0.29) is 5.82 Å². The normalized spacial score (nSPS) is 15.5. The highest BCUT2D eigenvalue weighted by molar-refractivity contribution is 5.66. The monoisotopic (exact) mass is 258 g/mol. The number of benzene rings is 1. The van der Waals surface area contributed by atoms with Gasteiger partial charge in [0.25, 0.3) is 0 Å². The van der Waals surface area contributed by atoms with Gasteiger partial charge in [0, 0.05) is 19.3 Å². The summed E-state index contributed by atoms with van der Waals surface area (Å²) in [5.41, 5.74) is 1.85. The van der Waals surface area contributed by atoms with Crippen LogP contribution in [0.1, 0.15) is 0 Å². The van der Waals surface area contributed by atoms with Gasteiger partial charge in [-0.25, -0.2) is 9.37 Å². The van der Waals surface area contributed by atoms with Crippen molar-refractivity contribution >= 4 is 5.82 Å². The maximum Gasteiger partial charge on any atom is 0.129 e. The van der Waals surface area contributed by atoms with Crippen molar-refractivity contribution in [1.82, 2.24) is 4.98 Å². The number of rotatable bonds is 2. The molecule has 1 aliphatic rings. The summed E-state index contributed by atoms with van der Waals surface area (Å²) in [6.07, 6.45) is 1.77. The van der Waals surface area contributed by atoms with Crippen molar-refractivity contribution in [1.29, 1.82) is 0 Å². The van der Waals surface area contributed by atoms with Gasteiger partial charge in [0.15, 0.2) is 0 Å². The summed E-state index contributed by atoms with van der Waals surface area (Å²) in [5, 5.41) is 0. The lowest BCUT2D eigenvalue weighted by atomic mass is 10.1. The first-order valence-electron chi connectivity index (χ1n) is 6.37. The van der Waals surface area contributed by atoms with Gasteiger partial charge in [-0.05, 0) is 35.4 Å². The van der Waals surface area contributed by atoms with Crippen molar-refractivity contribution in [3.63, 3.8) is 0 Å². The topological polar surface area (TPSA) is 25.4 Å². The second-order valence-electron chi connectivity index (χ2n) is 4.51. The zero-order valence-corrected chi connectivity index (χ0v) is 10.6. The van der Waals surface area contributed by atoms with Crippen LogP contribution in [0.25, 0.3) is 11.1 Å².